The molecule has 78 valence electrons. The second-order valence-electron chi connectivity index (χ2n) is 3.58. The van der Waals surface area contributed by atoms with E-state index < -0.39 is 0 Å². The predicted molar refractivity (Wildman–Crippen MR) is 56.5 cm³/mol. The number of aliphatic imine (C=N–C) groups is 1. The standard InChI is InChI=1S/C10H17N3O/c1-3-12(4-2-11-1)5-6-13-7-9-14-10-8-13/h1-3H,4-10H2. The van der Waals surface area contributed by atoms with Crippen LogP contribution in [0, 0.1) is 0 Å². The molecule has 4 heteroatoms. The highest BCUT2D eigenvalue weighted by atomic mass is 16.5. The molecule has 14 heavy (non-hydrogen) atoms. The molecule has 2 aliphatic heterocycles. The molecule has 2 heterocycles. The quantitative estimate of drug-likeness (QED) is 0.643. The van der Waals surface area contributed by atoms with E-state index in [9.17, 15) is 0 Å². The molecule has 0 aliphatic carbocycles. The van der Waals surface area contributed by atoms with Gasteiger partial charge in [0.15, 0.2) is 0 Å². The van der Waals surface area contributed by atoms with Gasteiger partial charge in [0.2, 0.25) is 0 Å². The Bertz CT molecular complexity index is 221. The fraction of sp³-hybridized carbons (Fsp3) is 0.700. The van der Waals surface area contributed by atoms with Crippen molar-refractivity contribution < 1.29 is 4.74 Å². The first-order valence-electron chi connectivity index (χ1n) is 5.17. The zero-order chi connectivity index (χ0) is 9.64. The molecule has 0 radical (unpaired) electrons. The lowest BCUT2D eigenvalue weighted by molar-refractivity contribution is 0.0357. The molecule has 0 N–H and O–H groups in total. The smallest absolute Gasteiger partial charge is 0.0594 e. The number of hydrogen-bond donors (Lipinski definition) is 0. The SMILES string of the molecule is C1=CN(CCN2CCOCC2)CC=N1. The van der Waals surface area contributed by atoms with Gasteiger partial charge in [-0.15, -0.1) is 0 Å². The summed E-state index contributed by atoms with van der Waals surface area (Å²) >= 11 is 0. The van der Waals surface area contributed by atoms with Gasteiger partial charge in [0.05, 0.1) is 19.8 Å². The molecule has 2 rings (SSSR count). The Morgan fingerprint density at radius 1 is 1.21 bits per heavy atom. The Kier molecular flexibility index (Phi) is 3.54. The molecular weight excluding hydrogens is 178 g/mol. The topological polar surface area (TPSA) is 28.1 Å². The first-order valence-corrected chi connectivity index (χ1v) is 5.17. The third-order valence-corrected chi connectivity index (χ3v) is 2.59. The van der Waals surface area contributed by atoms with Crippen LogP contribution in [0.4, 0.5) is 0 Å². The Morgan fingerprint density at radius 3 is 2.79 bits per heavy atom. The van der Waals surface area contributed by atoms with Crippen LogP contribution >= 0.6 is 0 Å². The number of ether oxygens (including phenoxy) is 1. The van der Waals surface area contributed by atoms with Gasteiger partial charge < -0.3 is 9.64 Å². The molecule has 0 saturated carbocycles. The van der Waals surface area contributed by atoms with E-state index in [4.69, 9.17) is 4.74 Å². The van der Waals surface area contributed by atoms with E-state index >= 15 is 0 Å². The van der Waals surface area contributed by atoms with Crippen LogP contribution in [-0.2, 0) is 4.74 Å². The van der Waals surface area contributed by atoms with Gasteiger partial charge >= 0.3 is 0 Å². The summed E-state index contributed by atoms with van der Waals surface area (Å²) in [5, 5.41) is 0. The maximum atomic E-state index is 5.30. The van der Waals surface area contributed by atoms with Gasteiger partial charge in [-0.3, -0.25) is 9.89 Å². The minimum absolute atomic E-state index is 0.886. The van der Waals surface area contributed by atoms with E-state index in [1.807, 2.05) is 12.4 Å². The van der Waals surface area contributed by atoms with Gasteiger partial charge in [0.25, 0.3) is 0 Å². The Balaban J connectivity index is 1.66. The summed E-state index contributed by atoms with van der Waals surface area (Å²) in [6.07, 6.45) is 5.85. The minimum atomic E-state index is 0.886. The van der Waals surface area contributed by atoms with E-state index in [1.54, 1.807) is 0 Å². The van der Waals surface area contributed by atoms with Crippen molar-refractivity contribution in [3.63, 3.8) is 0 Å². The van der Waals surface area contributed by atoms with Crippen molar-refractivity contribution in [2.75, 3.05) is 45.9 Å². The highest BCUT2D eigenvalue weighted by Gasteiger charge is 2.10. The molecule has 2 aliphatic rings. The van der Waals surface area contributed by atoms with E-state index in [0.29, 0.717) is 0 Å². The van der Waals surface area contributed by atoms with Crippen LogP contribution in [0.15, 0.2) is 17.4 Å². The van der Waals surface area contributed by atoms with Gasteiger partial charge in [-0.1, -0.05) is 0 Å². The fourth-order valence-corrected chi connectivity index (χ4v) is 1.67. The number of morpholine rings is 1. The molecule has 1 saturated heterocycles. The summed E-state index contributed by atoms with van der Waals surface area (Å²) in [7, 11) is 0. The maximum Gasteiger partial charge on any atom is 0.0594 e. The van der Waals surface area contributed by atoms with Crippen molar-refractivity contribution >= 4 is 6.21 Å². The number of nitrogens with zero attached hydrogens (tertiary/aromatic N) is 3. The zero-order valence-corrected chi connectivity index (χ0v) is 8.43. The van der Waals surface area contributed by atoms with Gasteiger partial charge in [-0.05, 0) is 0 Å². The van der Waals surface area contributed by atoms with Crippen molar-refractivity contribution in [1.82, 2.24) is 9.80 Å². The summed E-state index contributed by atoms with van der Waals surface area (Å²) in [6, 6.07) is 0. The van der Waals surface area contributed by atoms with E-state index in [-0.39, 0.29) is 0 Å². The van der Waals surface area contributed by atoms with Crippen LogP contribution in [0.2, 0.25) is 0 Å². The summed E-state index contributed by atoms with van der Waals surface area (Å²) < 4.78 is 5.30. The molecule has 0 spiro atoms. The van der Waals surface area contributed by atoms with Crippen LogP contribution in [-0.4, -0.2) is 62.0 Å². The largest absolute Gasteiger partial charge is 0.379 e. The third kappa shape index (κ3) is 2.82. The van der Waals surface area contributed by atoms with Crippen molar-refractivity contribution in [3.8, 4) is 0 Å². The molecule has 0 unspecified atom stereocenters. The van der Waals surface area contributed by atoms with Crippen LogP contribution < -0.4 is 0 Å². The summed E-state index contributed by atoms with van der Waals surface area (Å²) in [5.74, 6) is 0. The fourth-order valence-electron chi connectivity index (χ4n) is 1.67. The molecule has 0 amide bonds. The highest BCUT2D eigenvalue weighted by molar-refractivity contribution is 5.61. The monoisotopic (exact) mass is 195 g/mol. The van der Waals surface area contributed by atoms with E-state index in [1.165, 1.54) is 0 Å². The second kappa shape index (κ2) is 5.12. The number of hydrogen-bond acceptors (Lipinski definition) is 4. The third-order valence-electron chi connectivity index (χ3n) is 2.59. The van der Waals surface area contributed by atoms with Gasteiger partial charge in [0, 0.05) is 44.8 Å². The summed E-state index contributed by atoms with van der Waals surface area (Å²) in [4.78, 5) is 8.77. The lowest BCUT2D eigenvalue weighted by Crippen LogP contribution is -2.40. The average molecular weight is 195 g/mol. The molecule has 0 bridgehead atoms. The van der Waals surface area contributed by atoms with Crippen LogP contribution in [0.1, 0.15) is 0 Å². The predicted octanol–water partition coefficient (Wildman–Crippen LogP) is 0.176. The molecule has 0 atom stereocenters. The van der Waals surface area contributed by atoms with Crippen molar-refractivity contribution in [1.29, 1.82) is 0 Å². The zero-order valence-electron chi connectivity index (χ0n) is 8.43. The molecular formula is C10H17N3O. The molecule has 1 fully saturated rings. The van der Waals surface area contributed by atoms with Crippen molar-refractivity contribution in [3.05, 3.63) is 12.4 Å². The van der Waals surface area contributed by atoms with Gasteiger partial charge in [-0.2, -0.15) is 0 Å². The maximum absolute atomic E-state index is 5.30. The molecule has 0 aromatic rings. The summed E-state index contributed by atoms with van der Waals surface area (Å²) in [5.41, 5.74) is 0. The van der Waals surface area contributed by atoms with Crippen molar-refractivity contribution in [2.24, 2.45) is 4.99 Å². The van der Waals surface area contributed by atoms with Crippen LogP contribution in [0.5, 0.6) is 0 Å². The Hall–Kier alpha value is -0.870. The molecule has 4 nitrogen and oxygen atoms in total. The van der Waals surface area contributed by atoms with Crippen LogP contribution in [0.25, 0.3) is 0 Å². The molecule has 0 aromatic carbocycles. The average Bonchev–Trinajstić information content (AvgIpc) is 2.29. The van der Waals surface area contributed by atoms with E-state index in [0.717, 1.165) is 45.9 Å². The Morgan fingerprint density at radius 2 is 2.07 bits per heavy atom. The first kappa shape index (κ1) is 9.68. The van der Waals surface area contributed by atoms with Crippen LogP contribution in [0.3, 0.4) is 0 Å². The van der Waals surface area contributed by atoms with Gasteiger partial charge in [0.1, 0.15) is 0 Å². The van der Waals surface area contributed by atoms with Crippen molar-refractivity contribution in [2.45, 2.75) is 0 Å². The highest BCUT2D eigenvalue weighted by Crippen LogP contribution is 1.99. The summed E-state index contributed by atoms with van der Waals surface area (Å²) in [6.45, 7) is 7.08. The van der Waals surface area contributed by atoms with Gasteiger partial charge in [-0.25, -0.2) is 0 Å². The lowest BCUT2D eigenvalue weighted by atomic mass is 10.4. The van der Waals surface area contributed by atoms with E-state index in [2.05, 4.69) is 21.0 Å². The minimum Gasteiger partial charge on any atom is -0.379 e. The lowest BCUT2D eigenvalue weighted by Gasteiger charge is -2.29. The normalized spacial score (nSPS) is 23.0. The Labute approximate surface area is 84.9 Å². The second-order valence-corrected chi connectivity index (χ2v) is 3.58. The first-order chi connectivity index (χ1) is 6.95. The number of rotatable bonds is 3. The molecule has 0 aromatic heterocycles.